The first kappa shape index (κ1) is 30.1. The minimum absolute atomic E-state index is 0. The fraction of sp³-hybridized carbons (Fsp3) is 0. The maximum atomic E-state index is 0. The van der Waals surface area contributed by atoms with Gasteiger partial charge in [-0.3, -0.25) is 0 Å². The fourth-order valence-electron chi connectivity index (χ4n) is 0. The molecule has 0 heterocycles. The fourth-order valence-corrected chi connectivity index (χ4v) is 0. The number of hydrogen-bond acceptors (Lipinski definition) is 0. The van der Waals surface area contributed by atoms with E-state index in [4.69, 9.17) is 0 Å². The third-order valence-corrected chi connectivity index (χ3v) is 0. The summed E-state index contributed by atoms with van der Waals surface area (Å²) >= 11 is 0. The van der Waals surface area contributed by atoms with Crippen LogP contribution in [-0.2, 0) is 17.1 Å². The van der Waals surface area contributed by atoms with E-state index in [2.05, 4.69) is 0 Å². The summed E-state index contributed by atoms with van der Waals surface area (Å²) in [6.07, 6.45) is 0. The Balaban J connectivity index is 0. The summed E-state index contributed by atoms with van der Waals surface area (Å²) in [5.41, 5.74) is 0. The second-order valence-electron chi connectivity index (χ2n) is 0. The molecule has 0 aliphatic carbocycles. The topological polar surface area (TPSA) is 0 Å². The van der Waals surface area contributed by atoms with Crippen LogP contribution in [0, 0.1) is 0 Å². The Bertz CT molecular complexity index is 8.00. The first-order chi connectivity index (χ1) is 0. The second kappa shape index (κ2) is 17.3. The molecule has 0 aromatic heterocycles. The van der Waals surface area contributed by atoms with Gasteiger partial charge in [-0.15, -0.1) is 0 Å². The van der Waals surface area contributed by atoms with Crippen molar-refractivity contribution in [1.82, 2.24) is 0 Å². The Kier molecular flexibility index (Phi) is 130. The summed E-state index contributed by atoms with van der Waals surface area (Å²) in [6, 6.07) is 0. The van der Waals surface area contributed by atoms with Crippen LogP contribution in [0.15, 0.2) is 0 Å². The molecule has 0 saturated heterocycles. The molecule has 0 amide bonds. The zero-order valence-corrected chi connectivity index (χ0v) is 9.66. The summed E-state index contributed by atoms with van der Waals surface area (Å²) in [7, 11) is 0. The van der Waals surface area contributed by atoms with Gasteiger partial charge in [-0.2, -0.15) is 0 Å². The van der Waals surface area contributed by atoms with Gasteiger partial charge in [0.15, 0.2) is 0 Å². The summed E-state index contributed by atoms with van der Waals surface area (Å²) in [5.74, 6) is 0. The van der Waals surface area contributed by atoms with Crippen LogP contribution in [0.4, 0.5) is 0 Å². The molecule has 0 atom stereocenters. The van der Waals surface area contributed by atoms with E-state index >= 15 is 0 Å². The van der Waals surface area contributed by atoms with E-state index < -0.39 is 0 Å². The van der Waals surface area contributed by atoms with E-state index in [1.165, 1.54) is 0 Å². The molecule has 4 heteroatoms. The predicted molar refractivity (Wildman–Crippen MR) is 29.8 cm³/mol. The Labute approximate surface area is 81.5 Å². The van der Waals surface area contributed by atoms with Crippen molar-refractivity contribution in [2.75, 3.05) is 0 Å². The monoisotopic (exact) mass is 389 g/mol. The zero-order chi connectivity index (χ0) is 0. The Hall–Kier alpha value is 2.67. The van der Waals surface area contributed by atoms with E-state index in [1.807, 2.05) is 0 Å². The predicted octanol–water partition coefficient (Wildman–Crippen LogP) is -3.55. The van der Waals surface area contributed by atoms with Gasteiger partial charge in [-0.05, 0) is 0 Å². The molecule has 0 nitrogen and oxygen atoms in total. The van der Waals surface area contributed by atoms with Crippen molar-refractivity contribution in [3.8, 4) is 0 Å². The molecule has 0 aromatic rings. The molecule has 0 rings (SSSR count). The molecule has 1 radical (unpaired) electrons. The minimum atomic E-state index is 0. The van der Waals surface area contributed by atoms with E-state index in [0.29, 0.717) is 0 Å². The van der Waals surface area contributed by atoms with E-state index in [1.54, 1.807) is 0 Å². The molecule has 0 aliphatic rings. The molecule has 0 saturated carbocycles. The van der Waals surface area contributed by atoms with Gasteiger partial charge in [-0.1, -0.05) is 0 Å². The van der Waals surface area contributed by atoms with Gasteiger partial charge in [0.2, 0.25) is 0 Å². The number of rotatable bonds is 0. The normalized spacial score (nSPS) is 0. The van der Waals surface area contributed by atoms with Crippen molar-refractivity contribution in [2.24, 2.45) is 0 Å². The van der Waals surface area contributed by atoms with Crippen LogP contribution < -0.4 is 0 Å². The van der Waals surface area contributed by atoms with E-state index in [0.717, 1.165) is 0 Å². The summed E-state index contributed by atoms with van der Waals surface area (Å²) in [6.45, 7) is 0. The molecule has 0 aliphatic heterocycles. The van der Waals surface area contributed by atoms with Gasteiger partial charge in [0, 0.05) is 17.1 Å². The van der Waals surface area contributed by atoms with Crippen molar-refractivity contribution in [3.63, 3.8) is 0 Å². The van der Waals surface area contributed by atoms with Gasteiger partial charge in [0.1, 0.15) is 0 Å². The summed E-state index contributed by atoms with van der Waals surface area (Å²) in [5, 5.41) is 0. The van der Waals surface area contributed by atoms with Gasteiger partial charge in [0.25, 0.3) is 0 Å². The van der Waals surface area contributed by atoms with Gasteiger partial charge < -0.3 is 0 Å². The average molecular weight is 386 g/mol. The van der Waals surface area contributed by atoms with Crippen LogP contribution in [0.1, 0.15) is 0 Å². The Morgan fingerprint density at radius 1 is 1.00 bits per heavy atom. The number of hydrogen-bond donors (Lipinski definition) is 0. The average Bonchev–Trinajstić information content (AvgIpc) is 0. The SMILES string of the molecule is [GeH4].[Mn].[SbH3].[TeH2]. The molecule has 0 bridgehead atoms. The molecule has 0 unspecified atom stereocenters. The Morgan fingerprint density at radius 3 is 1.00 bits per heavy atom. The van der Waals surface area contributed by atoms with Crippen LogP contribution in [-0.4, -0.2) is 65.7 Å². The third-order valence-electron chi connectivity index (χ3n) is 0. The molecule has 31 valence electrons. The van der Waals surface area contributed by atoms with Crippen molar-refractivity contribution < 1.29 is 17.1 Å². The first-order valence-corrected chi connectivity index (χ1v) is 0. The first-order valence-electron chi connectivity index (χ1n) is 0. The molecular formula is H9GeMnSbTe. The van der Waals surface area contributed by atoms with Crippen molar-refractivity contribution in [2.45, 2.75) is 0 Å². The molecule has 0 aromatic carbocycles. The zero-order valence-electron chi connectivity index (χ0n) is 1.59. The standard InChI is InChI=1S/GeH4.Mn.Sb.H2Te.3H/h1H4;;;1H2;;;. The van der Waals surface area contributed by atoms with Crippen LogP contribution in [0.2, 0.25) is 0 Å². The van der Waals surface area contributed by atoms with Crippen LogP contribution >= 0.6 is 0 Å². The van der Waals surface area contributed by atoms with Crippen LogP contribution in [0.3, 0.4) is 0 Å². The maximum absolute atomic E-state index is 0. The van der Waals surface area contributed by atoms with Gasteiger partial charge in [0.05, 0.1) is 0 Å². The third kappa shape index (κ3) is 8.82. The summed E-state index contributed by atoms with van der Waals surface area (Å²) in [4.78, 5) is 0. The summed E-state index contributed by atoms with van der Waals surface area (Å²) < 4.78 is 0. The van der Waals surface area contributed by atoms with Gasteiger partial charge in [-0.25, -0.2) is 0 Å². The van der Waals surface area contributed by atoms with Crippen LogP contribution in [0.25, 0.3) is 0 Å². The molecule has 4 heavy (non-hydrogen) atoms. The molecule has 0 fully saturated rings. The Morgan fingerprint density at radius 2 is 1.00 bits per heavy atom. The van der Waals surface area contributed by atoms with Crippen molar-refractivity contribution in [1.29, 1.82) is 0 Å². The van der Waals surface area contributed by atoms with Crippen LogP contribution in [0.5, 0.6) is 0 Å². The van der Waals surface area contributed by atoms with Gasteiger partial charge >= 0.3 is 65.7 Å². The molecule has 0 spiro atoms. The molecular weight excluding hydrogens is 377 g/mol. The van der Waals surface area contributed by atoms with E-state index in [9.17, 15) is 0 Å². The van der Waals surface area contributed by atoms with Crippen molar-refractivity contribution >= 4 is 65.7 Å². The van der Waals surface area contributed by atoms with E-state index in [-0.39, 0.29) is 82.8 Å². The quantitative estimate of drug-likeness (QED) is 0.379. The van der Waals surface area contributed by atoms with Crippen molar-refractivity contribution in [3.05, 3.63) is 0 Å². The second-order valence-corrected chi connectivity index (χ2v) is 0. The molecule has 0 N–H and O–H groups in total.